The monoisotopic (exact) mass is 485 g/mol. The molecule has 0 saturated carbocycles. The average molecular weight is 486 g/mol. The summed E-state index contributed by atoms with van der Waals surface area (Å²) in [7, 11) is 0. The maximum atomic E-state index is 6.08. The van der Waals surface area contributed by atoms with E-state index in [2.05, 4.69) is 72.3 Å². The lowest BCUT2D eigenvalue weighted by molar-refractivity contribution is 0.672. The van der Waals surface area contributed by atoms with Gasteiger partial charge in [0.2, 0.25) is 11.6 Å². The Morgan fingerprint density at radius 1 is 0.865 bits per heavy atom. The number of pyridine rings is 1. The highest BCUT2D eigenvalue weighted by Gasteiger charge is 2.27. The van der Waals surface area contributed by atoms with Gasteiger partial charge in [-0.2, -0.15) is 4.98 Å². The van der Waals surface area contributed by atoms with Crippen LogP contribution in [0.1, 0.15) is 24.2 Å². The van der Waals surface area contributed by atoms with Gasteiger partial charge in [0, 0.05) is 48.1 Å². The third kappa shape index (κ3) is 3.59. The summed E-state index contributed by atoms with van der Waals surface area (Å²) in [5, 5.41) is 13.6. The quantitative estimate of drug-likeness (QED) is 0.395. The van der Waals surface area contributed by atoms with Crippen molar-refractivity contribution in [1.29, 1.82) is 0 Å². The molecule has 37 heavy (non-hydrogen) atoms. The summed E-state index contributed by atoms with van der Waals surface area (Å²) in [6.45, 7) is 2.68. The van der Waals surface area contributed by atoms with Gasteiger partial charge in [0.25, 0.3) is 5.78 Å². The van der Waals surface area contributed by atoms with Crippen molar-refractivity contribution in [3.05, 3.63) is 90.4 Å². The number of hydrogen-bond donors (Lipinski definition) is 1. The average Bonchev–Trinajstić information content (AvgIpc) is 3.57. The van der Waals surface area contributed by atoms with Crippen molar-refractivity contribution < 1.29 is 0 Å². The van der Waals surface area contributed by atoms with E-state index in [1.807, 2.05) is 37.4 Å². The summed E-state index contributed by atoms with van der Waals surface area (Å²) >= 11 is 0. The number of aryl methyl sites for hydroxylation is 1. The van der Waals surface area contributed by atoms with Crippen LogP contribution in [-0.2, 0) is 13.0 Å². The highest BCUT2D eigenvalue weighted by molar-refractivity contribution is 5.85. The maximum Gasteiger partial charge on any atom is 0.252 e. The van der Waals surface area contributed by atoms with Crippen LogP contribution in [0.3, 0.4) is 0 Å². The topological polar surface area (TPSA) is 113 Å². The predicted molar refractivity (Wildman–Crippen MR) is 140 cm³/mol. The number of hydrogen-bond acceptors (Lipinski definition) is 7. The van der Waals surface area contributed by atoms with Gasteiger partial charge in [-0.3, -0.25) is 4.98 Å². The van der Waals surface area contributed by atoms with Crippen molar-refractivity contribution in [3.8, 4) is 45.4 Å². The lowest BCUT2D eigenvalue weighted by Crippen LogP contribution is -2.15. The summed E-state index contributed by atoms with van der Waals surface area (Å²) in [4.78, 5) is 14.0. The van der Waals surface area contributed by atoms with E-state index >= 15 is 0 Å². The predicted octanol–water partition coefficient (Wildman–Crippen LogP) is 4.35. The van der Waals surface area contributed by atoms with Crippen LogP contribution in [0.2, 0.25) is 0 Å². The Bertz CT molecular complexity index is 1720. The first-order valence-corrected chi connectivity index (χ1v) is 12.2. The lowest BCUT2D eigenvalue weighted by atomic mass is 9.94. The fourth-order valence-electron chi connectivity index (χ4n) is 4.86. The van der Waals surface area contributed by atoms with E-state index in [4.69, 9.17) is 10.7 Å². The molecule has 2 N–H and O–H groups in total. The largest absolute Gasteiger partial charge is 0.324 e. The molecule has 1 aliphatic heterocycles. The number of benzene rings is 2. The molecule has 180 valence electrons. The van der Waals surface area contributed by atoms with Gasteiger partial charge in [0.05, 0.1) is 11.4 Å². The normalized spacial score (nSPS) is 13.4. The van der Waals surface area contributed by atoms with Gasteiger partial charge in [0.15, 0.2) is 5.82 Å². The summed E-state index contributed by atoms with van der Waals surface area (Å²) in [6.07, 6.45) is 4.26. The van der Waals surface area contributed by atoms with Crippen molar-refractivity contribution in [1.82, 2.24) is 39.3 Å². The van der Waals surface area contributed by atoms with E-state index in [-0.39, 0.29) is 6.04 Å². The van der Waals surface area contributed by atoms with Crippen LogP contribution in [-0.4, -0.2) is 39.3 Å². The Balaban J connectivity index is 1.38. The van der Waals surface area contributed by atoms with Crippen molar-refractivity contribution >= 4 is 5.78 Å². The summed E-state index contributed by atoms with van der Waals surface area (Å²) in [6, 6.07) is 22.7. The molecule has 0 fully saturated rings. The van der Waals surface area contributed by atoms with Gasteiger partial charge in [-0.15, -0.1) is 15.3 Å². The molecule has 6 aromatic rings. The molecule has 7 rings (SSSR count). The number of aromatic nitrogens is 8. The first kappa shape index (κ1) is 21.5. The Morgan fingerprint density at radius 3 is 2.46 bits per heavy atom. The van der Waals surface area contributed by atoms with Crippen molar-refractivity contribution in [3.63, 3.8) is 0 Å². The highest BCUT2D eigenvalue weighted by atomic mass is 15.4. The second-order valence-corrected chi connectivity index (χ2v) is 9.20. The lowest BCUT2D eigenvalue weighted by Gasteiger charge is -2.21. The molecular weight excluding hydrogens is 462 g/mol. The zero-order valence-electron chi connectivity index (χ0n) is 20.2. The molecule has 0 unspecified atom stereocenters. The molecule has 9 heteroatoms. The van der Waals surface area contributed by atoms with Crippen LogP contribution in [0.15, 0.2) is 79.1 Å². The van der Waals surface area contributed by atoms with Crippen LogP contribution in [0.4, 0.5) is 0 Å². The van der Waals surface area contributed by atoms with Gasteiger partial charge in [0.1, 0.15) is 0 Å². The molecule has 9 nitrogen and oxygen atoms in total. The van der Waals surface area contributed by atoms with Gasteiger partial charge < -0.3 is 10.3 Å². The molecule has 0 aliphatic carbocycles. The molecule has 0 radical (unpaired) electrons. The fraction of sp³-hybridized carbons (Fsp3) is 0.143. The zero-order chi connectivity index (χ0) is 24.9. The molecule has 1 aliphatic rings. The minimum absolute atomic E-state index is 0.0159. The second kappa shape index (κ2) is 8.42. The Hall–Kier alpha value is -4.76. The van der Waals surface area contributed by atoms with Crippen LogP contribution in [0, 0.1) is 0 Å². The molecule has 0 amide bonds. The van der Waals surface area contributed by atoms with Crippen LogP contribution in [0.25, 0.3) is 51.2 Å². The molecule has 2 aromatic carbocycles. The molecule has 5 heterocycles. The molecule has 0 bridgehead atoms. The summed E-state index contributed by atoms with van der Waals surface area (Å²) in [5.41, 5.74) is 13.3. The SMILES string of the molecule is C[C@@H](N)c1ccc(-c2nc3c(cc2-c2ccccc2)-c2nnc(-c4nc5ncccn5n4)n2CC3)cc1. The van der Waals surface area contributed by atoms with E-state index < -0.39 is 0 Å². The zero-order valence-corrected chi connectivity index (χ0v) is 20.2. The van der Waals surface area contributed by atoms with Crippen molar-refractivity contribution in [2.75, 3.05) is 0 Å². The minimum Gasteiger partial charge on any atom is -0.324 e. The van der Waals surface area contributed by atoms with Gasteiger partial charge in [-0.25, -0.2) is 9.50 Å². The number of nitrogens with two attached hydrogens (primary N) is 1. The van der Waals surface area contributed by atoms with E-state index in [9.17, 15) is 0 Å². The maximum absolute atomic E-state index is 6.08. The Kier molecular flexibility index (Phi) is 4.90. The Morgan fingerprint density at radius 2 is 1.68 bits per heavy atom. The van der Waals surface area contributed by atoms with Crippen LogP contribution >= 0.6 is 0 Å². The highest BCUT2D eigenvalue weighted by Crippen LogP contribution is 2.38. The third-order valence-corrected chi connectivity index (χ3v) is 6.78. The smallest absolute Gasteiger partial charge is 0.252 e. The number of fused-ring (bicyclic) bond motifs is 4. The fourth-order valence-corrected chi connectivity index (χ4v) is 4.86. The van der Waals surface area contributed by atoms with E-state index in [1.165, 1.54) is 0 Å². The minimum atomic E-state index is -0.0159. The first-order valence-electron chi connectivity index (χ1n) is 12.2. The van der Waals surface area contributed by atoms with Gasteiger partial charge in [-0.05, 0) is 30.2 Å². The van der Waals surface area contributed by atoms with Crippen LogP contribution < -0.4 is 5.73 Å². The van der Waals surface area contributed by atoms with Crippen molar-refractivity contribution in [2.45, 2.75) is 25.9 Å². The Labute approximate surface area is 212 Å². The van der Waals surface area contributed by atoms with Gasteiger partial charge >= 0.3 is 0 Å². The number of nitrogens with zero attached hydrogens (tertiary/aromatic N) is 8. The molecule has 1 atom stereocenters. The van der Waals surface area contributed by atoms with E-state index in [0.29, 0.717) is 24.0 Å². The first-order chi connectivity index (χ1) is 18.2. The standard InChI is InChI=1S/C28H23N9/c1-17(29)18-8-10-20(11-9-18)24-21(19-6-3-2-4-7-19)16-22-23(31-24)12-15-36-26(22)33-34-27(36)25-32-28-30-13-5-14-37(28)35-25/h2-11,13-14,16-17H,12,15,29H2,1H3/t17-/m1/s1. The van der Waals surface area contributed by atoms with E-state index in [0.717, 1.165) is 51.5 Å². The summed E-state index contributed by atoms with van der Waals surface area (Å²) < 4.78 is 3.72. The number of rotatable bonds is 4. The molecule has 0 spiro atoms. The van der Waals surface area contributed by atoms with E-state index in [1.54, 1.807) is 10.7 Å². The van der Waals surface area contributed by atoms with Crippen LogP contribution in [0.5, 0.6) is 0 Å². The molecular formula is C28H23N9. The molecule has 4 aromatic heterocycles. The van der Waals surface area contributed by atoms with Gasteiger partial charge in [-0.1, -0.05) is 54.6 Å². The third-order valence-electron chi connectivity index (χ3n) is 6.78. The molecule has 0 saturated heterocycles. The summed E-state index contributed by atoms with van der Waals surface area (Å²) in [5.74, 6) is 2.43. The van der Waals surface area contributed by atoms with Crippen molar-refractivity contribution in [2.24, 2.45) is 5.73 Å². The second-order valence-electron chi connectivity index (χ2n) is 9.20.